The number of amides is 2. The van der Waals surface area contributed by atoms with Crippen LogP contribution < -0.4 is 0 Å². The molecule has 3 aliphatic heterocycles. The van der Waals surface area contributed by atoms with Crippen molar-refractivity contribution < 1.29 is 37.4 Å². The van der Waals surface area contributed by atoms with Gasteiger partial charge in [-0.25, -0.2) is 9.59 Å². The van der Waals surface area contributed by atoms with Gasteiger partial charge in [0.25, 0.3) is 5.91 Å². The number of carbonyl (C=O) groups is 3. The quantitative estimate of drug-likeness (QED) is 0.412. The second kappa shape index (κ2) is 14.6. The zero-order chi connectivity index (χ0) is 31.1. The molecule has 3 saturated heterocycles. The van der Waals surface area contributed by atoms with Gasteiger partial charge in [-0.3, -0.25) is 9.69 Å². The van der Waals surface area contributed by atoms with Gasteiger partial charge in [-0.15, -0.1) is 0 Å². The first kappa shape index (κ1) is 33.7. The third-order valence-corrected chi connectivity index (χ3v) is 8.98. The van der Waals surface area contributed by atoms with Gasteiger partial charge in [0, 0.05) is 69.6 Å². The predicted octanol–water partition coefficient (Wildman–Crippen LogP) is 6.04. The second-order valence-corrected chi connectivity index (χ2v) is 11.8. The standard InChI is InChI=1S/C29H45N3O3.C2HF3O2/c1-5-7-11-24-21-32(16-6-2)28(34)35-29(24)14-19-30(20-15-29)25-12-17-31(18-13-25)27(33)26-22(3)9-8-10-23(26)4;3-2(4,5)1(6)7/h8-10,24-25H,5-7,11-21H2,1-4H3;(H,6,7). The molecule has 236 valence electrons. The number of aryl methyl sites for hydroxylation is 2. The van der Waals surface area contributed by atoms with Crippen LogP contribution >= 0.6 is 0 Å². The maximum absolute atomic E-state index is 13.2. The van der Waals surface area contributed by atoms with Crippen LogP contribution in [0.4, 0.5) is 18.0 Å². The average molecular weight is 598 g/mol. The number of alkyl halides is 3. The Bertz CT molecular complexity index is 1060. The Kier molecular flexibility index (Phi) is 11.7. The smallest absolute Gasteiger partial charge is 0.475 e. The SMILES string of the molecule is CCCCC1CN(CCC)C(=O)OC12CCN(C1CCN(C(=O)c3c(C)cccc3C)CC1)CC2.O=C(O)C(F)(F)F. The minimum atomic E-state index is -5.08. The fourth-order valence-corrected chi connectivity index (χ4v) is 6.61. The summed E-state index contributed by atoms with van der Waals surface area (Å²) in [5, 5.41) is 7.12. The van der Waals surface area contributed by atoms with Crippen molar-refractivity contribution in [3.63, 3.8) is 0 Å². The lowest BCUT2D eigenvalue weighted by atomic mass is 9.75. The maximum Gasteiger partial charge on any atom is 0.490 e. The van der Waals surface area contributed by atoms with Gasteiger partial charge in [0.2, 0.25) is 0 Å². The molecular formula is C31H46F3N3O5. The van der Waals surface area contributed by atoms with E-state index in [0.29, 0.717) is 12.0 Å². The first-order chi connectivity index (χ1) is 19.8. The van der Waals surface area contributed by atoms with Gasteiger partial charge < -0.3 is 19.6 Å². The monoisotopic (exact) mass is 597 g/mol. The summed E-state index contributed by atoms with van der Waals surface area (Å²) in [5.74, 6) is -2.14. The number of carbonyl (C=O) groups excluding carboxylic acids is 2. The molecule has 0 aliphatic carbocycles. The van der Waals surface area contributed by atoms with Crippen LogP contribution in [0, 0.1) is 19.8 Å². The largest absolute Gasteiger partial charge is 0.490 e. The zero-order valence-electron chi connectivity index (χ0n) is 25.3. The van der Waals surface area contributed by atoms with Crippen molar-refractivity contribution in [3.8, 4) is 0 Å². The maximum atomic E-state index is 13.2. The molecule has 0 radical (unpaired) electrons. The van der Waals surface area contributed by atoms with Gasteiger partial charge >= 0.3 is 18.2 Å². The number of carboxylic acids is 1. The zero-order valence-corrected chi connectivity index (χ0v) is 25.3. The van der Waals surface area contributed by atoms with Crippen molar-refractivity contribution >= 4 is 18.0 Å². The Morgan fingerprint density at radius 3 is 2.10 bits per heavy atom. The lowest BCUT2D eigenvalue weighted by Gasteiger charge is -2.52. The Morgan fingerprint density at radius 1 is 1.02 bits per heavy atom. The Morgan fingerprint density at radius 2 is 1.60 bits per heavy atom. The number of unbranched alkanes of at least 4 members (excludes halogenated alkanes) is 1. The number of likely N-dealkylation sites (tertiary alicyclic amines) is 2. The molecule has 3 fully saturated rings. The molecule has 1 spiro atoms. The van der Waals surface area contributed by atoms with Crippen molar-refractivity contribution in [2.75, 3.05) is 39.3 Å². The van der Waals surface area contributed by atoms with Crippen LogP contribution in [0.2, 0.25) is 0 Å². The molecule has 1 aromatic rings. The van der Waals surface area contributed by atoms with Crippen LogP contribution in [0.25, 0.3) is 0 Å². The van der Waals surface area contributed by atoms with Crippen LogP contribution in [-0.2, 0) is 9.53 Å². The van der Waals surface area contributed by atoms with Crippen molar-refractivity contribution in [1.82, 2.24) is 14.7 Å². The molecule has 0 aromatic heterocycles. The fraction of sp³-hybridized carbons (Fsp3) is 0.710. The molecule has 3 heterocycles. The van der Waals surface area contributed by atoms with Crippen molar-refractivity contribution in [3.05, 3.63) is 34.9 Å². The molecule has 0 saturated carbocycles. The molecule has 1 atom stereocenters. The lowest BCUT2D eigenvalue weighted by Crippen LogP contribution is -2.61. The van der Waals surface area contributed by atoms with Crippen LogP contribution in [-0.4, -0.2) is 94.9 Å². The lowest BCUT2D eigenvalue weighted by molar-refractivity contribution is -0.192. The number of piperidine rings is 2. The van der Waals surface area contributed by atoms with E-state index in [2.05, 4.69) is 18.7 Å². The summed E-state index contributed by atoms with van der Waals surface area (Å²) in [6.45, 7) is 13.7. The van der Waals surface area contributed by atoms with E-state index in [1.54, 1.807) is 0 Å². The molecule has 3 aliphatic rings. The number of carboxylic acid groups (broad SMARTS) is 1. The van der Waals surface area contributed by atoms with Crippen molar-refractivity contribution in [2.24, 2.45) is 5.92 Å². The van der Waals surface area contributed by atoms with E-state index in [1.807, 2.05) is 41.8 Å². The molecule has 4 rings (SSSR count). The number of benzene rings is 1. The van der Waals surface area contributed by atoms with Gasteiger partial charge in [0.15, 0.2) is 0 Å². The number of nitrogens with zero attached hydrogens (tertiary/aromatic N) is 3. The second-order valence-electron chi connectivity index (χ2n) is 11.8. The van der Waals surface area contributed by atoms with E-state index < -0.39 is 12.1 Å². The highest BCUT2D eigenvalue weighted by atomic mass is 19.4. The number of hydrogen-bond donors (Lipinski definition) is 1. The minimum absolute atomic E-state index is 0.105. The number of ether oxygens (including phenoxy) is 1. The molecule has 11 heteroatoms. The average Bonchev–Trinajstić information content (AvgIpc) is 2.94. The van der Waals surface area contributed by atoms with Crippen LogP contribution in [0.15, 0.2) is 18.2 Å². The topological polar surface area (TPSA) is 90.4 Å². The fourth-order valence-electron chi connectivity index (χ4n) is 6.61. The Hall–Kier alpha value is -2.82. The highest BCUT2D eigenvalue weighted by molar-refractivity contribution is 5.97. The Balaban J connectivity index is 0.000000616. The third-order valence-electron chi connectivity index (χ3n) is 8.98. The summed E-state index contributed by atoms with van der Waals surface area (Å²) in [6, 6.07) is 6.60. The van der Waals surface area contributed by atoms with Crippen molar-refractivity contribution in [1.29, 1.82) is 0 Å². The molecule has 0 bridgehead atoms. The predicted molar refractivity (Wildman–Crippen MR) is 153 cm³/mol. The normalized spacial score (nSPS) is 21.5. The molecule has 42 heavy (non-hydrogen) atoms. The highest BCUT2D eigenvalue weighted by Crippen LogP contribution is 2.41. The summed E-state index contributed by atoms with van der Waals surface area (Å²) >= 11 is 0. The van der Waals surface area contributed by atoms with Gasteiger partial charge in [0.05, 0.1) is 0 Å². The van der Waals surface area contributed by atoms with E-state index in [0.717, 1.165) is 94.5 Å². The van der Waals surface area contributed by atoms with Crippen LogP contribution in [0.5, 0.6) is 0 Å². The summed E-state index contributed by atoms with van der Waals surface area (Å²) in [6.07, 6.45) is 3.22. The Labute approximate surface area is 247 Å². The summed E-state index contributed by atoms with van der Waals surface area (Å²) in [7, 11) is 0. The number of halogens is 3. The minimum Gasteiger partial charge on any atom is -0.475 e. The van der Waals surface area contributed by atoms with E-state index in [1.165, 1.54) is 12.8 Å². The molecule has 2 amide bonds. The third kappa shape index (κ3) is 8.17. The first-order valence-corrected chi connectivity index (χ1v) is 15.2. The van der Waals surface area contributed by atoms with Crippen molar-refractivity contribution in [2.45, 2.75) is 96.9 Å². The molecule has 8 nitrogen and oxygen atoms in total. The first-order valence-electron chi connectivity index (χ1n) is 15.2. The van der Waals surface area contributed by atoms with Gasteiger partial charge in [-0.05, 0) is 50.7 Å². The summed E-state index contributed by atoms with van der Waals surface area (Å²) < 4.78 is 38.0. The molecule has 1 unspecified atom stereocenters. The van der Waals surface area contributed by atoms with Crippen LogP contribution in [0.3, 0.4) is 0 Å². The summed E-state index contributed by atoms with van der Waals surface area (Å²) in [5.41, 5.74) is 2.72. The van der Waals surface area contributed by atoms with E-state index in [-0.39, 0.29) is 17.6 Å². The van der Waals surface area contributed by atoms with Gasteiger partial charge in [0.1, 0.15) is 5.60 Å². The van der Waals surface area contributed by atoms with Gasteiger partial charge in [-0.1, -0.05) is 44.9 Å². The van der Waals surface area contributed by atoms with Gasteiger partial charge in [-0.2, -0.15) is 13.2 Å². The highest BCUT2D eigenvalue weighted by Gasteiger charge is 2.50. The van der Waals surface area contributed by atoms with E-state index >= 15 is 0 Å². The number of hydrogen-bond acceptors (Lipinski definition) is 5. The number of rotatable bonds is 7. The molecule has 1 N–H and O–H groups in total. The number of aliphatic carboxylic acids is 1. The molecule has 1 aromatic carbocycles. The molecular weight excluding hydrogens is 551 g/mol. The van der Waals surface area contributed by atoms with E-state index in [4.69, 9.17) is 14.6 Å². The van der Waals surface area contributed by atoms with Crippen LogP contribution in [0.1, 0.15) is 86.7 Å². The van der Waals surface area contributed by atoms with E-state index in [9.17, 15) is 22.8 Å². The summed E-state index contributed by atoms with van der Waals surface area (Å²) in [4.78, 5) is 41.5.